The van der Waals surface area contributed by atoms with Crippen LogP contribution in [0.25, 0.3) is 0 Å². The molecule has 8 nitrogen and oxygen atoms in total. The number of hydrogen-bond acceptors (Lipinski definition) is 6. The van der Waals surface area contributed by atoms with Gasteiger partial charge in [0.2, 0.25) is 5.91 Å². The average molecular weight is 561 g/mol. The molecular formula is C32H52N2O6. The molecular weight excluding hydrogens is 508 g/mol. The van der Waals surface area contributed by atoms with E-state index in [1.54, 1.807) is 4.90 Å². The van der Waals surface area contributed by atoms with E-state index in [2.05, 4.69) is 26.1 Å². The molecule has 1 heterocycles. The minimum absolute atomic E-state index is 0.0574. The van der Waals surface area contributed by atoms with Gasteiger partial charge >= 0.3 is 12.1 Å². The van der Waals surface area contributed by atoms with Crippen LogP contribution in [0.1, 0.15) is 113 Å². The summed E-state index contributed by atoms with van der Waals surface area (Å²) in [5.41, 5.74) is -1.65. The summed E-state index contributed by atoms with van der Waals surface area (Å²) in [5, 5.41) is 15.4. The first kappa shape index (κ1) is 29.7. The molecule has 4 saturated carbocycles. The molecule has 5 rings (SSSR count). The van der Waals surface area contributed by atoms with Crippen LogP contribution in [-0.4, -0.2) is 64.9 Å². The van der Waals surface area contributed by atoms with E-state index in [1.165, 1.54) is 0 Å². The Labute approximate surface area is 240 Å². The van der Waals surface area contributed by atoms with Gasteiger partial charge in [-0.3, -0.25) is 14.5 Å². The van der Waals surface area contributed by atoms with Gasteiger partial charge in [-0.2, -0.15) is 0 Å². The highest BCUT2D eigenvalue weighted by Gasteiger charge is 2.71. The number of likely N-dealkylation sites (tertiary alicyclic amines) is 1. The van der Waals surface area contributed by atoms with Crippen molar-refractivity contribution in [2.45, 2.75) is 136 Å². The lowest BCUT2D eigenvalue weighted by molar-refractivity contribution is -0.196. The molecule has 8 heteroatoms. The smallest absolute Gasteiger partial charge is 0.410 e. The monoisotopic (exact) mass is 560 g/mol. The first-order valence-electron chi connectivity index (χ1n) is 15.8. The van der Waals surface area contributed by atoms with Crippen LogP contribution in [0.3, 0.4) is 0 Å². The number of esters is 1. The van der Waals surface area contributed by atoms with E-state index in [0.717, 1.165) is 57.8 Å². The highest BCUT2D eigenvalue weighted by Crippen LogP contribution is 2.73. The van der Waals surface area contributed by atoms with Crippen molar-refractivity contribution >= 4 is 18.0 Å². The standard InChI is InChI=1S/C32H52N2O6/c1-8-39-26(37)31(7)15-10-14-30(6)21(31)13-17-32-19-29(5,16-12-22(30)32)23(24(32)35)33-25(36)20-11-9-18-34(20)27(38)40-28(2,3)4/h20-24,35H,8-19H2,1-7H3,(H,33,36)/t20-,21-,22-,23+,24-,29-,30+,31+,32-/m0/s1. The van der Waals surface area contributed by atoms with E-state index in [4.69, 9.17) is 9.47 Å². The van der Waals surface area contributed by atoms with E-state index < -0.39 is 29.3 Å². The van der Waals surface area contributed by atoms with Gasteiger partial charge in [0.1, 0.15) is 11.6 Å². The SMILES string of the molecule is CCOC(=O)[C@]1(C)CCC[C@@]2(C)[C@@H]3CC[C@@]4(C)C[C@]3(CC[C@@H]21)[C@@H](O)[C@H]4NC(=O)[C@@H]1CCCN1C(=O)OC(C)(C)C. The summed E-state index contributed by atoms with van der Waals surface area (Å²) in [4.78, 5) is 41.4. The molecule has 5 aliphatic rings. The molecule has 5 fully saturated rings. The third kappa shape index (κ3) is 4.46. The molecule has 0 aromatic carbocycles. The van der Waals surface area contributed by atoms with Crippen molar-refractivity contribution in [3.05, 3.63) is 0 Å². The summed E-state index contributed by atoms with van der Waals surface area (Å²) in [5.74, 6) is 0.282. The second-order valence-corrected chi connectivity index (χ2v) is 15.5. The van der Waals surface area contributed by atoms with Crippen LogP contribution < -0.4 is 5.32 Å². The van der Waals surface area contributed by atoms with E-state index >= 15 is 0 Å². The molecule has 2 bridgehead atoms. The number of carbonyl (C=O) groups is 3. The third-order valence-corrected chi connectivity index (χ3v) is 12.0. The fourth-order valence-electron chi connectivity index (χ4n) is 10.4. The number of amides is 2. The number of nitrogens with zero attached hydrogens (tertiary/aromatic N) is 1. The second-order valence-electron chi connectivity index (χ2n) is 15.5. The largest absolute Gasteiger partial charge is 0.466 e. The fourth-order valence-corrected chi connectivity index (χ4v) is 10.4. The number of aliphatic hydroxyl groups excluding tert-OH is 1. The Kier molecular flexibility index (Phi) is 7.32. The van der Waals surface area contributed by atoms with Crippen molar-refractivity contribution in [1.82, 2.24) is 10.2 Å². The molecule has 0 aromatic heterocycles. The molecule has 9 atom stereocenters. The average Bonchev–Trinajstić information content (AvgIpc) is 3.40. The summed E-state index contributed by atoms with van der Waals surface area (Å²) in [6.45, 7) is 15.0. The van der Waals surface area contributed by atoms with Crippen molar-refractivity contribution in [2.24, 2.45) is 33.5 Å². The molecule has 226 valence electrons. The fraction of sp³-hybridized carbons (Fsp3) is 0.906. The molecule has 2 amide bonds. The maximum Gasteiger partial charge on any atom is 0.410 e. The van der Waals surface area contributed by atoms with Crippen LogP contribution in [0.15, 0.2) is 0 Å². The minimum Gasteiger partial charge on any atom is -0.466 e. The summed E-state index contributed by atoms with van der Waals surface area (Å²) in [6, 6.07) is -0.928. The lowest BCUT2D eigenvalue weighted by Crippen LogP contribution is -2.61. The Morgan fingerprint density at radius 3 is 2.35 bits per heavy atom. The van der Waals surface area contributed by atoms with Crippen LogP contribution >= 0.6 is 0 Å². The minimum atomic E-state index is -0.654. The molecule has 0 aromatic rings. The predicted molar refractivity (Wildman–Crippen MR) is 151 cm³/mol. The van der Waals surface area contributed by atoms with Gasteiger partial charge in [-0.25, -0.2) is 4.79 Å². The number of hydrogen-bond donors (Lipinski definition) is 2. The third-order valence-electron chi connectivity index (χ3n) is 12.0. The van der Waals surface area contributed by atoms with Crippen LogP contribution in [0.2, 0.25) is 0 Å². The first-order valence-corrected chi connectivity index (χ1v) is 15.8. The summed E-state index contributed by atoms with van der Waals surface area (Å²) < 4.78 is 11.2. The topological polar surface area (TPSA) is 105 Å². The summed E-state index contributed by atoms with van der Waals surface area (Å²) >= 11 is 0. The Morgan fingerprint density at radius 2 is 1.68 bits per heavy atom. The van der Waals surface area contributed by atoms with E-state index in [-0.39, 0.29) is 40.1 Å². The molecule has 40 heavy (non-hydrogen) atoms. The molecule has 1 aliphatic heterocycles. The normalized spacial score (nSPS) is 44.4. The van der Waals surface area contributed by atoms with E-state index in [0.29, 0.717) is 25.5 Å². The Balaban J connectivity index is 1.37. The zero-order chi connectivity index (χ0) is 29.3. The van der Waals surface area contributed by atoms with Gasteiger partial charge in [0, 0.05) is 12.0 Å². The molecule has 1 spiro atoms. The number of aliphatic hydroxyl groups is 1. The van der Waals surface area contributed by atoms with E-state index in [9.17, 15) is 19.5 Å². The lowest BCUT2D eigenvalue weighted by atomic mass is 9.40. The highest BCUT2D eigenvalue weighted by molar-refractivity contribution is 5.86. The molecule has 4 aliphatic carbocycles. The van der Waals surface area contributed by atoms with Crippen LogP contribution in [0, 0.1) is 33.5 Å². The predicted octanol–water partition coefficient (Wildman–Crippen LogP) is 5.21. The van der Waals surface area contributed by atoms with Crippen molar-refractivity contribution in [3.63, 3.8) is 0 Å². The number of fused-ring (bicyclic) bond motifs is 3. The maximum atomic E-state index is 13.7. The summed E-state index contributed by atoms with van der Waals surface area (Å²) in [7, 11) is 0. The lowest BCUT2D eigenvalue weighted by Gasteiger charge is -2.64. The first-order chi connectivity index (χ1) is 18.6. The quantitative estimate of drug-likeness (QED) is 0.458. The molecule has 0 unspecified atom stereocenters. The van der Waals surface area contributed by atoms with Gasteiger partial charge in [-0.05, 0) is 115 Å². The van der Waals surface area contributed by atoms with Crippen molar-refractivity contribution in [2.75, 3.05) is 13.2 Å². The van der Waals surface area contributed by atoms with Gasteiger partial charge in [0.05, 0.1) is 24.2 Å². The second kappa shape index (κ2) is 9.88. The highest BCUT2D eigenvalue weighted by atomic mass is 16.6. The van der Waals surface area contributed by atoms with Gasteiger partial charge in [0.25, 0.3) is 0 Å². The van der Waals surface area contributed by atoms with Crippen LogP contribution in [0.4, 0.5) is 4.79 Å². The summed E-state index contributed by atoms with van der Waals surface area (Å²) in [6.07, 6.45) is 7.74. The molecule has 2 N–H and O–H groups in total. The van der Waals surface area contributed by atoms with Gasteiger partial charge in [-0.1, -0.05) is 20.3 Å². The van der Waals surface area contributed by atoms with Crippen molar-refractivity contribution in [3.8, 4) is 0 Å². The number of nitrogens with one attached hydrogen (secondary N) is 1. The van der Waals surface area contributed by atoms with Gasteiger partial charge in [0.15, 0.2) is 0 Å². The molecule has 0 radical (unpaired) electrons. The number of carbonyl (C=O) groups excluding carboxylic acids is 3. The number of ether oxygens (including phenoxy) is 2. The van der Waals surface area contributed by atoms with Gasteiger partial charge < -0.3 is 19.9 Å². The Bertz CT molecular complexity index is 1040. The Morgan fingerprint density at radius 1 is 0.975 bits per heavy atom. The zero-order valence-corrected chi connectivity index (χ0v) is 25.8. The molecule has 1 saturated heterocycles. The van der Waals surface area contributed by atoms with Crippen molar-refractivity contribution < 1.29 is 29.0 Å². The maximum absolute atomic E-state index is 13.7. The number of rotatable bonds is 4. The van der Waals surface area contributed by atoms with Crippen molar-refractivity contribution in [1.29, 1.82) is 0 Å². The Hall–Kier alpha value is -1.83. The van der Waals surface area contributed by atoms with Crippen LogP contribution in [-0.2, 0) is 19.1 Å². The van der Waals surface area contributed by atoms with Crippen LogP contribution in [0.5, 0.6) is 0 Å². The zero-order valence-electron chi connectivity index (χ0n) is 25.8. The van der Waals surface area contributed by atoms with Gasteiger partial charge in [-0.15, -0.1) is 0 Å². The van der Waals surface area contributed by atoms with E-state index in [1.807, 2.05) is 27.7 Å².